The van der Waals surface area contributed by atoms with Gasteiger partial charge in [0.15, 0.2) is 5.11 Å². The van der Waals surface area contributed by atoms with Crippen LogP contribution in [0, 0.1) is 0 Å². The summed E-state index contributed by atoms with van der Waals surface area (Å²) in [4.78, 5) is 15.8. The van der Waals surface area contributed by atoms with Gasteiger partial charge in [-0.3, -0.25) is 9.69 Å². The zero-order valence-electron chi connectivity index (χ0n) is 20.1. The molecule has 1 fully saturated rings. The molecule has 0 aliphatic carbocycles. The second kappa shape index (κ2) is 15.8. The van der Waals surface area contributed by atoms with Gasteiger partial charge in [-0.05, 0) is 68.5 Å². The minimum absolute atomic E-state index is 0.0147. The highest BCUT2D eigenvalue weighted by Crippen LogP contribution is 2.24. The number of thiophene rings is 1. The van der Waals surface area contributed by atoms with E-state index in [4.69, 9.17) is 28.6 Å². The normalized spacial score (nSPS) is 14.1. The fourth-order valence-electron chi connectivity index (χ4n) is 3.74. The molecular weight excluding hydrogens is 500 g/mol. The number of hydrogen-bond donors (Lipinski definition) is 3. The highest BCUT2D eigenvalue weighted by atomic mass is 35.5. The summed E-state index contributed by atoms with van der Waals surface area (Å²) in [6, 6.07) is 9.79. The maximum Gasteiger partial charge on any atom is 0.223 e. The smallest absolute Gasteiger partial charge is 0.223 e. The molecule has 0 atom stereocenters. The number of piperidine rings is 1. The molecule has 1 amide bonds. The number of benzene rings is 1. The van der Waals surface area contributed by atoms with Crippen LogP contribution in [0.3, 0.4) is 0 Å². The lowest BCUT2D eigenvalue weighted by atomic mass is 10.1. The van der Waals surface area contributed by atoms with E-state index in [1.807, 2.05) is 30.3 Å². The van der Waals surface area contributed by atoms with Crippen molar-refractivity contribution < 1.29 is 9.53 Å². The Hall–Kier alpha value is -2.13. The highest BCUT2D eigenvalue weighted by molar-refractivity contribution is 7.80. The minimum Gasteiger partial charge on any atom is -0.492 e. The summed E-state index contributed by atoms with van der Waals surface area (Å²) >= 11 is 13.2. The topological polar surface area (TPSA) is 65.6 Å². The average Bonchev–Trinajstić information content (AvgIpc) is 3.31. The second-order valence-electron chi connectivity index (χ2n) is 8.50. The predicted octanol–water partition coefficient (Wildman–Crippen LogP) is 5.23. The van der Waals surface area contributed by atoms with E-state index in [0.29, 0.717) is 42.7 Å². The lowest BCUT2D eigenvalue weighted by Crippen LogP contribution is -2.35. The third-order valence-electron chi connectivity index (χ3n) is 5.64. The van der Waals surface area contributed by atoms with Crippen LogP contribution in [0.5, 0.6) is 5.75 Å². The minimum atomic E-state index is -0.0147. The molecule has 3 N–H and O–H groups in total. The van der Waals surface area contributed by atoms with E-state index >= 15 is 0 Å². The van der Waals surface area contributed by atoms with E-state index in [1.165, 1.54) is 37.2 Å². The lowest BCUT2D eigenvalue weighted by Gasteiger charge is -2.25. The fraction of sp³-hybridized carbons (Fsp3) is 0.462. The Balaban J connectivity index is 1.18. The van der Waals surface area contributed by atoms with Crippen LogP contribution in [0.1, 0.15) is 49.0 Å². The lowest BCUT2D eigenvalue weighted by molar-refractivity contribution is -0.120. The van der Waals surface area contributed by atoms with Gasteiger partial charge < -0.3 is 20.7 Å². The summed E-state index contributed by atoms with van der Waals surface area (Å²) in [6.07, 6.45) is 9.46. The van der Waals surface area contributed by atoms with Crippen molar-refractivity contribution in [3.8, 4) is 5.75 Å². The molecule has 0 radical (unpaired) electrons. The van der Waals surface area contributed by atoms with Crippen molar-refractivity contribution in [2.45, 2.75) is 51.6 Å². The maximum atomic E-state index is 12.0. The Morgan fingerprint density at radius 2 is 2.03 bits per heavy atom. The summed E-state index contributed by atoms with van der Waals surface area (Å²) in [7, 11) is 0. The molecule has 0 bridgehead atoms. The monoisotopic (exact) mass is 534 g/mol. The molecule has 1 saturated heterocycles. The van der Waals surface area contributed by atoms with Crippen LogP contribution < -0.4 is 20.7 Å². The number of thiocarbonyl (C=S) groups is 1. The van der Waals surface area contributed by atoms with E-state index < -0.39 is 0 Å². The standard InChI is InChI=1S/C26H35ClN4O2S2/c27-24-10-3-2-9-21(24)18-30-26(34)29-13-8-11-25(32)28-12-4-7-16-33-22-17-23(35-20-22)19-31-14-5-1-6-15-31/h2-4,9-10,12,17,20H,1,5-8,11,13-16,18-19H2,(H,28,32)(H2,29,30,34)/b12-4-. The number of nitrogens with zero attached hydrogens (tertiary/aromatic N) is 1. The largest absolute Gasteiger partial charge is 0.492 e. The zero-order chi connectivity index (χ0) is 24.7. The molecule has 1 aromatic carbocycles. The summed E-state index contributed by atoms with van der Waals surface area (Å²) in [5.41, 5.74) is 0.989. The number of rotatable bonds is 13. The number of hydrogen-bond acceptors (Lipinski definition) is 5. The first-order valence-electron chi connectivity index (χ1n) is 12.2. The van der Waals surface area contributed by atoms with Gasteiger partial charge in [-0.25, -0.2) is 0 Å². The van der Waals surface area contributed by atoms with E-state index in [1.54, 1.807) is 17.5 Å². The van der Waals surface area contributed by atoms with Crippen LogP contribution in [-0.2, 0) is 17.9 Å². The van der Waals surface area contributed by atoms with Gasteiger partial charge in [-0.15, -0.1) is 11.3 Å². The highest BCUT2D eigenvalue weighted by Gasteiger charge is 2.11. The van der Waals surface area contributed by atoms with Crippen LogP contribution in [0.4, 0.5) is 0 Å². The maximum absolute atomic E-state index is 12.0. The molecule has 9 heteroatoms. The Labute approximate surface area is 223 Å². The Kier molecular flexibility index (Phi) is 12.4. The van der Waals surface area contributed by atoms with Gasteiger partial charge in [0.25, 0.3) is 0 Å². The van der Waals surface area contributed by atoms with Crippen molar-refractivity contribution in [1.82, 2.24) is 20.9 Å². The molecular formula is C26H35ClN4O2S2. The summed E-state index contributed by atoms with van der Waals surface area (Å²) in [5, 5.41) is 12.4. The van der Waals surface area contributed by atoms with Gasteiger partial charge in [0.2, 0.25) is 5.91 Å². The van der Waals surface area contributed by atoms with Gasteiger partial charge in [-0.2, -0.15) is 0 Å². The molecule has 1 aliphatic rings. The SMILES string of the molecule is O=C(CCCNC(=S)NCc1ccccc1Cl)N/C=C\CCOc1csc(CN2CCCCC2)c1. The quantitative estimate of drug-likeness (QED) is 0.241. The van der Waals surface area contributed by atoms with Gasteiger partial charge in [0.05, 0.1) is 6.61 Å². The summed E-state index contributed by atoms with van der Waals surface area (Å²) in [5.74, 6) is 0.922. The molecule has 2 aromatic rings. The number of nitrogens with one attached hydrogen (secondary N) is 3. The molecule has 3 rings (SSSR count). The van der Waals surface area contributed by atoms with Gasteiger partial charge >= 0.3 is 0 Å². The van der Waals surface area contributed by atoms with Crippen molar-refractivity contribution in [3.63, 3.8) is 0 Å². The second-order valence-corrected chi connectivity index (χ2v) is 10.3. The van der Waals surface area contributed by atoms with E-state index in [0.717, 1.165) is 24.3 Å². The van der Waals surface area contributed by atoms with Crippen LogP contribution in [0.15, 0.2) is 48.0 Å². The molecule has 0 saturated carbocycles. The van der Waals surface area contributed by atoms with Gasteiger partial charge in [0.1, 0.15) is 5.75 Å². The van der Waals surface area contributed by atoms with E-state index in [2.05, 4.69) is 32.3 Å². The van der Waals surface area contributed by atoms with Gasteiger partial charge in [0, 0.05) is 47.8 Å². The third kappa shape index (κ3) is 11.0. The van der Waals surface area contributed by atoms with Crippen molar-refractivity contribution in [1.29, 1.82) is 0 Å². The van der Waals surface area contributed by atoms with Crippen molar-refractivity contribution in [2.75, 3.05) is 26.2 Å². The molecule has 35 heavy (non-hydrogen) atoms. The van der Waals surface area contributed by atoms with Crippen LogP contribution in [0.25, 0.3) is 0 Å². The van der Waals surface area contributed by atoms with E-state index in [-0.39, 0.29) is 5.91 Å². The molecule has 1 aromatic heterocycles. The molecule has 6 nitrogen and oxygen atoms in total. The number of carbonyl (C=O) groups is 1. The number of likely N-dealkylation sites (tertiary alicyclic amines) is 1. The van der Waals surface area contributed by atoms with Crippen LogP contribution in [-0.4, -0.2) is 42.2 Å². The van der Waals surface area contributed by atoms with Crippen molar-refractivity contribution in [2.24, 2.45) is 0 Å². The first-order chi connectivity index (χ1) is 17.1. The molecule has 0 spiro atoms. The molecule has 190 valence electrons. The third-order valence-corrected chi connectivity index (χ3v) is 7.19. The first-order valence-corrected chi connectivity index (χ1v) is 13.9. The molecule has 1 aliphatic heterocycles. The molecule has 2 heterocycles. The fourth-order valence-corrected chi connectivity index (χ4v) is 4.96. The predicted molar refractivity (Wildman–Crippen MR) is 149 cm³/mol. The first kappa shape index (κ1) is 27.5. The number of carbonyl (C=O) groups excluding carboxylic acids is 1. The molecule has 0 unspecified atom stereocenters. The summed E-state index contributed by atoms with van der Waals surface area (Å²) in [6.45, 7) is 5.22. The van der Waals surface area contributed by atoms with Crippen LogP contribution >= 0.6 is 35.2 Å². The van der Waals surface area contributed by atoms with E-state index in [9.17, 15) is 4.79 Å². The number of amides is 1. The Morgan fingerprint density at radius 3 is 2.86 bits per heavy atom. The Morgan fingerprint density at radius 1 is 1.20 bits per heavy atom. The number of ether oxygens (including phenoxy) is 1. The Bertz CT molecular complexity index is 960. The number of halogens is 1. The average molecular weight is 535 g/mol. The van der Waals surface area contributed by atoms with Gasteiger partial charge in [-0.1, -0.05) is 42.3 Å². The summed E-state index contributed by atoms with van der Waals surface area (Å²) < 4.78 is 5.83. The van der Waals surface area contributed by atoms with Crippen molar-refractivity contribution >= 4 is 46.2 Å². The van der Waals surface area contributed by atoms with Crippen LogP contribution in [0.2, 0.25) is 5.02 Å². The van der Waals surface area contributed by atoms with Crippen molar-refractivity contribution in [3.05, 3.63) is 63.5 Å². The zero-order valence-corrected chi connectivity index (χ0v) is 22.5.